The highest BCUT2D eigenvalue weighted by Crippen LogP contribution is 2.34. The average molecular weight is 453 g/mol. The minimum absolute atomic E-state index is 0.0583. The van der Waals surface area contributed by atoms with Crippen LogP contribution in [-0.4, -0.2) is 63.5 Å². The number of aromatic amines is 1. The molecule has 2 aliphatic heterocycles. The maximum atomic E-state index is 12.6. The van der Waals surface area contributed by atoms with Gasteiger partial charge >= 0.3 is 12.2 Å². The summed E-state index contributed by atoms with van der Waals surface area (Å²) >= 11 is 0. The third kappa shape index (κ3) is 3.90. The van der Waals surface area contributed by atoms with Crippen LogP contribution >= 0.6 is 0 Å². The maximum Gasteiger partial charge on any atom is 0.414 e. The Labute approximate surface area is 190 Å². The molecule has 0 atom stereocenters. The number of ether oxygens (including phenoxy) is 2. The molecule has 2 aliphatic rings. The molecule has 1 N–H and O–H groups in total. The molecule has 0 bridgehead atoms. The van der Waals surface area contributed by atoms with Gasteiger partial charge in [-0.2, -0.15) is 5.10 Å². The van der Waals surface area contributed by atoms with Crippen molar-refractivity contribution in [2.24, 2.45) is 0 Å². The second-order valence-electron chi connectivity index (χ2n) is 9.50. The van der Waals surface area contributed by atoms with E-state index < -0.39 is 11.7 Å². The van der Waals surface area contributed by atoms with Crippen molar-refractivity contribution in [3.63, 3.8) is 0 Å². The number of carbonyl (C=O) groups excluding carboxylic acids is 2. The fraction of sp³-hybridized carbons (Fsp3) is 0.478. The fourth-order valence-electron chi connectivity index (χ4n) is 4.58. The predicted molar refractivity (Wildman–Crippen MR) is 122 cm³/mol. The number of amides is 2. The third-order valence-corrected chi connectivity index (χ3v) is 6.06. The lowest BCUT2D eigenvalue weighted by Crippen LogP contribution is -2.41. The molecule has 0 radical (unpaired) electrons. The third-order valence-electron chi connectivity index (χ3n) is 6.06. The van der Waals surface area contributed by atoms with Crippen molar-refractivity contribution in [3.8, 4) is 0 Å². The minimum Gasteiger partial charge on any atom is -0.447 e. The second-order valence-corrected chi connectivity index (χ2v) is 9.50. The highest BCUT2D eigenvalue weighted by Gasteiger charge is 2.30. The van der Waals surface area contributed by atoms with Crippen LogP contribution in [0.15, 0.2) is 29.1 Å². The summed E-state index contributed by atoms with van der Waals surface area (Å²) in [6, 6.07) is 7.12. The van der Waals surface area contributed by atoms with E-state index in [4.69, 9.17) is 14.6 Å². The first-order valence-electron chi connectivity index (χ1n) is 11.2. The maximum absolute atomic E-state index is 12.6. The summed E-state index contributed by atoms with van der Waals surface area (Å²) in [6.07, 6.45) is 0.664. The number of benzene rings is 1. The van der Waals surface area contributed by atoms with E-state index in [0.717, 1.165) is 5.69 Å². The van der Waals surface area contributed by atoms with Gasteiger partial charge in [-0.05, 0) is 45.7 Å². The predicted octanol–water partition coefficient (Wildman–Crippen LogP) is 3.25. The molecule has 5 rings (SSSR count). The molecule has 2 fully saturated rings. The van der Waals surface area contributed by atoms with Gasteiger partial charge in [0.25, 0.3) is 5.56 Å². The Kier molecular flexibility index (Phi) is 5.02. The summed E-state index contributed by atoms with van der Waals surface area (Å²) in [5.41, 5.74) is 1.93. The second kappa shape index (κ2) is 7.79. The summed E-state index contributed by atoms with van der Waals surface area (Å²) < 4.78 is 12.4. The summed E-state index contributed by atoms with van der Waals surface area (Å²) in [6.45, 7) is 7.41. The molecule has 0 unspecified atom stereocenters. The van der Waals surface area contributed by atoms with Gasteiger partial charge in [0.2, 0.25) is 0 Å². The van der Waals surface area contributed by atoms with Crippen LogP contribution in [0.5, 0.6) is 0 Å². The van der Waals surface area contributed by atoms with E-state index in [9.17, 15) is 14.4 Å². The van der Waals surface area contributed by atoms with Gasteiger partial charge in [0.15, 0.2) is 0 Å². The number of rotatable bonds is 2. The number of anilines is 1. The van der Waals surface area contributed by atoms with Crippen LogP contribution in [0.2, 0.25) is 0 Å². The van der Waals surface area contributed by atoms with Crippen molar-refractivity contribution in [3.05, 3.63) is 40.3 Å². The van der Waals surface area contributed by atoms with Gasteiger partial charge in [-0.15, -0.1) is 0 Å². The van der Waals surface area contributed by atoms with Gasteiger partial charge in [0, 0.05) is 25.1 Å². The molecule has 1 aromatic carbocycles. The Morgan fingerprint density at radius 1 is 1.18 bits per heavy atom. The highest BCUT2D eigenvalue weighted by molar-refractivity contribution is 6.07. The van der Waals surface area contributed by atoms with Crippen molar-refractivity contribution in [2.45, 2.75) is 45.1 Å². The largest absolute Gasteiger partial charge is 0.447 e. The Balaban J connectivity index is 1.50. The number of hydrogen-bond acceptors (Lipinski definition) is 6. The summed E-state index contributed by atoms with van der Waals surface area (Å²) in [7, 11) is 0. The monoisotopic (exact) mass is 453 g/mol. The summed E-state index contributed by atoms with van der Waals surface area (Å²) in [4.78, 5) is 43.4. The van der Waals surface area contributed by atoms with E-state index >= 15 is 0 Å². The van der Waals surface area contributed by atoms with E-state index in [1.54, 1.807) is 20.4 Å². The lowest BCUT2D eigenvalue weighted by atomic mass is 9.93. The molecular weight excluding hydrogens is 426 g/mol. The van der Waals surface area contributed by atoms with Crippen molar-refractivity contribution in [1.29, 1.82) is 0 Å². The number of nitrogens with zero attached hydrogens (tertiary/aromatic N) is 4. The molecule has 4 heterocycles. The molecule has 10 nitrogen and oxygen atoms in total. The van der Waals surface area contributed by atoms with Crippen LogP contribution in [0.3, 0.4) is 0 Å². The van der Waals surface area contributed by atoms with Crippen molar-refractivity contribution in [2.75, 3.05) is 31.1 Å². The number of H-pyrrole nitrogens is 1. The highest BCUT2D eigenvalue weighted by atomic mass is 16.6. The first kappa shape index (κ1) is 21.3. The number of cyclic esters (lactones) is 1. The van der Waals surface area contributed by atoms with Gasteiger partial charge in [0.05, 0.1) is 28.8 Å². The lowest BCUT2D eigenvalue weighted by molar-refractivity contribution is 0.0203. The van der Waals surface area contributed by atoms with Crippen LogP contribution in [-0.2, 0) is 9.47 Å². The molecule has 3 aromatic rings. The molecule has 2 aromatic heterocycles. The van der Waals surface area contributed by atoms with Crippen LogP contribution in [0, 0.1) is 0 Å². The zero-order valence-electron chi connectivity index (χ0n) is 19.0. The van der Waals surface area contributed by atoms with Gasteiger partial charge in [-0.3, -0.25) is 9.69 Å². The molecule has 2 saturated heterocycles. The van der Waals surface area contributed by atoms with Gasteiger partial charge in [-0.1, -0.05) is 6.07 Å². The standard InChI is InChI=1S/C23H27N5O5/c1-23(2,3)33-21(30)26-9-7-14(8-10-26)17-13-18(29)24-20-19-15(25-28(17)20)5-4-6-16(19)27-11-12-32-22(27)31/h4-6,13-14H,7-12H2,1-3H3,(H,24,29). The topological polar surface area (TPSA) is 109 Å². The number of piperidine rings is 1. The van der Waals surface area contributed by atoms with Gasteiger partial charge < -0.3 is 19.4 Å². The summed E-state index contributed by atoms with van der Waals surface area (Å²) in [5.74, 6) is 0.0583. The smallest absolute Gasteiger partial charge is 0.414 e. The number of aromatic nitrogens is 3. The number of likely N-dealkylation sites (tertiary alicyclic amines) is 1. The van der Waals surface area contributed by atoms with Crippen LogP contribution in [0.25, 0.3) is 16.6 Å². The average Bonchev–Trinajstić information content (AvgIpc) is 3.35. The van der Waals surface area contributed by atoms with E-state index in [-0.39, 0.29) is 17.6 Å². The number of carbonyl (C=O) groups is 2. The van der Waals surface area contributed by atoms with E-state index in [1.807, 2.05) is 39.0 Å². The molecule has 10 heteroatoms. The Morgan fingerprint density at radius 2 is 1.94 bits per heavy atom. The Morgan fingerprint density at radius 3 is 2.61 bits per heavy atom. The van der Waals surface area contributed by atoms with Crippen molar-refractivity contribution in [1.82, 2.24) is 19.5 Å². The number of fused-ring (bicyclic) bond motifs is 3. The molecule has 174 valence electrons. The molecular formula is C23H27N5O5. The molecule has 2 amide bonds. The zero-order chi connectivity index (χ0) is 23.3. The van der Waals surface area contributed by atoms with Gasteiger partial charge in [0.1, 0.15) is 17.9 Å². The first-order valence-corrected chi connectivity index (χ1v) is 11.2. The van der Waals surface area contributed by atoms with Crippen molar-refractivity contribution < 1.29 is 19.1 Å². The molecule has 0 saturated carbocycles. The molecule has 33 heavy (non-hydrogen) atoms. The quantitative estimate of drug-likeness (QED) is 0.638. The van der Waals surface area contributed by atoms with E-state index in [2.05, 4.69) is 4.98 Å². The minimum atomic E-state index is -0.540. The Bertz CT molecular complexity index is 1300. The van der Waals surface area contributed by atoms with Crippen molar-refractivity contribution >= 4 is 34.4 Å². The normalized spacial score (nSPS) is 17.7. The van der Waals surface area contributed by atoms with Crippen LogP contribution in [0.1, 0.15) is 45.2 Å². The van der Waals surface area contributed by atoms with E-state index in [0.29, 0.717) is 61.3 Å². The zero-order valence-corrected chi connectivity index (χ0v) is 19.0. The van der Waals surface area contributed by atoms with Crippen LogP contribution in [0.4, 0.5) is 15.3 Å². The van der Waals surface area contributed by atoms with E-state index in [1.165, 1.54) is 0 Å². The molecule has 0 spiro atoms. The Hall–Kier alpha value is -3.56. The summed E-state index contributed by atoms with van der Waals surface area (Å²) in [5, 5.41) is 5.46. The lowest BCUT2D eigenvalue weighted by Gasteiger charge is -2.33. The number of nitrogens with one attached hydrogen (secondary N) is 1. The first-order chi connectivity index (χ1) is 15.7. The SMILES string of the molecule is CC(C)(C)OC(=O)N1CCC(c2cc(=O)[nH]c3c4c(N5CCOC5=O)cccc4nn23)CC1. The number of hydrogen-bond donors (Lipinski definition) is 1. The van der Waals surface area contributed by atoms with Gasteiger partial charge in [-0.25, -0.2) is 14.1 Å². The fourth-order valence-corrected chi connectivity index (χ4v) is 4.58. The van der Waals surface area contributed by atoms with Crippen LogP contribution < -0.4 is 10.5 Å². The molecule has 0 aliphatic carbocycles.